The minimum absolute atomic E-state index is 0.108. The topological polar surface area (TPSA) is 89.9 Å². The number of ketones is 1. The number of aliphatic carboxylic acids is 1. The number of Topliss-reactive ketones (excluding diaryl/α,β-unsaturated/α-hetero) is 1. The van der Waals surface area contributed by atoms with Gasteiger partial charge in [-0.05, 0) is 6.42 Å². The molecule has 2 aliphatic rings. The Hall–Kier alpha value is -1.85. The van der Waals surface area contributed by atoms with Gasteiger partial charge in [0.15, 0.2) is 6.10 Å². The maximum Gasteiger partial charge on any atom is 0.346 e. The van der Waals surface area contributed by atoms with Crippen LogP contribution in [0.4, 0.5) is 0 Å². The molecule has 0 spiro atoms. The van der Waals surface area contributed by atoms with Crippen LogP contribution in [0.2, 0.25) is 0 Å². The third-order valence-electron chi connectivity index (χ3n) is 2.46. The second-order valence-corrected chi connectivity index (χ2v) is 3.61. The largest absolute Gasteiger partial charge is 0.497 e. The van der Waals surface area contributed by atoms with Crippen molar-refractivity contribution in [1.29, 1.82) is 0 Å². The van der Waals surface area contributed by atoms with E-state index in [0.717, 1.165) is 6.42 Å². The lowest BCUT2D eigenvalue weighted by atomic mass is 10.1. The Bertz CT molecular complexity index is 386. The highest BCUT2D eigenvalue weighted by atomic mass is 16.6. The van der Waals surface area contributed by atoms with Crippen LogP contribution < -0.4 is 0 Å². The first-order chi connectivity index (χ1) is 7.59. The van der Waals surface area contributed by atoms with Crippen LogP contribution in [-0.4, -0.2) is 35.5 Å². The zero-order chi connectivity index (χ0) is 11.7. The zero-order valence-corrected chi connectivity index (χ0v) is 8.39. The van der Waals surface area contributed by atoms with Gasteiger partial charge >= 0.3 is 11.9 Å². The standard InChI is InChI=1S/C10H10O6/c11-7(12)4-6-9(13)8(10(14)16-6)5-2-1-3-15-5/h6H,1-4H2,(H,11,12)/b8-5-/t6-/m0/s1. The molecule has 2 saturated heterocycles. The molecular formula is C10H10O6. The zero-order valence-electron chi connectivity index (χ0n) is 8.39. The summed E-state index contributed by atoms with van der Waals surface area (Å²) in [4.78, 5) is 33.5. The number of rotatable bonds is 2. The number of carboxylic acids is 1. The fourth-order valence-electron chi connectivity index (χ4n) is 1.74. The van der Waals surface area contributed by atoms with E-state index in [0.29, 0.717) is 18.8 Å². The summed E-state index contributed by atoms with van der Waals surface area (Å²) in [6, 6.07) is 0. The van der Waals surface area contributed by atoms with Gasteiger partial charge in [-0.15, -0.1) is 0 Å². The predicted molar refractivity (Wildman–Crippen MR) is 49.4 cm³/mol. The van der Waals surface area contributed by atoms with Crippen LogP contribution in [-0.2, 0) is 23.9 Å². The molecule has 6 nitrogen and oxygen atoms in total. The van der Waals surface area contributed by atoms with Crippen molar-refractivity contribution >= 4 is 17.7 Å². The molecule has 6 heteroatoms. The van der Waals surface area contributed by atoms with Crippen molar-refractivity contribution < 1.29 is 29.0 Å². The summed E-state index contributed by atoms with van der Waals surface area (Å²) in [5.74, 6) is -2.19. The molecule has 0 saturated carbocycles. The smallest absolute Gasteiger partial charge is 0.346 e. The van der Waals surface area contributed by atoms with Gasteiger partial charge in [0.2, 0.25) is 5.78 Å². The Morgan fingerprint density at radius 2 is 2.19 bits per heavy atom. The third-order valence-corrected chi connectivity index (χ3v) is 2.46. The molecule has 2 heterocycles. The molecule has 1 atom stereocenters. The van der Waals surface area contributed by atoms with Crippen LogP contribution in [0.15, 0.2) is 11.3 Å². The van der Waals surface area contributed by atoms with Crippen LogP contribution in [0.1, 0.15) is 19.3 Å². The Labute approximate surface area is 90.8 Å². The molecule has 2 rings (SSSR count). The minimum atomic E-state index is -1.20. The number of ether oxygens (including phenoxy) is 2. The molecule has 0 aromatic carbocycles. The second kappa shape index (κ2) is 3.96. The summed E-state index contributed by atoms with van der Waals surface area (Å²) < 4.78 is 9.84. The molecule has 16 heavy (non-hydrogen) atoms. The van der Waals surface area contributed by atoms with E-state index in [9.17, 15) is 14.4 Å². The number of carbonyl (C=O) groups is 3. The van der Waals surface area contributed by atoms with E-state index in [-0.39, 0.29) is 5.57 Å². The van der Waals surface area contributed by atoms with E-state index in [1.807, 2.05) is 0 Å². The van der Waals surface area contributed by atoms with Crippen LogP contribution in [0.5, 0.6) is 0 Å². The van der Waals surface area contributed by atoms with E-state index in [1.54, 1.807) is 0 Å². The van der Waals surface area contributed by atoms with Gasteiger partial charge in [-0.3, -0.25) is 9.59 Å². The van der Waals surface area contributed by atoms with Gasteiger partial charge in [0, 0.05) is 6.42 Å². The monoisotopic (exact) mass is 226 g/mol. The molecular weight excluding hydrogens is 216 g/mol. The molecule has 0 amide bonds. The summed E-state index contributed by atoms with van der Waals surface area (Å²) in [6.45, 7) is 0.475. The van der Waals surface area contributed by atoms with Gasteiger partial charge in [0.05, 0.1) is 13.0 Å². The van der Waals surface area contributed by atoms with Crippen LogP contribution in [0.3, 0.4) is 0 Å². The van der Waals surface area contributed by atoms with E-state index in [4.69, 9.17) is 14.6 Å². The lowest BCUT2D eigenvalue weighted by molar-refractivity contribution is -0.147. The van der Waals surface area contributed by atoms with E-state index in [1.165, 1.54) is 0 Å². The molecule has 86 valence electrons. The summed E-state index contributed by atoms with van der Waals surface area (Å²) in [5.41, 5.74) is -0.108. The normalized spacial score (nSPS) is 29.1. The van der Waals surface area contributed by atoms with Crippen molar-refractivity contribution in [3.05, 3.63) is 11.3 Å². The fourth-order valence-corrected chi connectivity index (χ4v) is 1.74. The van der Waals surface area contributed by atoms with Gasteiger partial charge < -0.3 is 14.6 Å². The van der Waals surface area contributed by atoms with Crippen molar-refractivity contribution in [2.45, 2.75) is 25.4 Å². The average Bonchev–Trinajstić information content (AvgIpc) is 2.76. The number of carboxylic acid groups (broad SMARTS) is 1. The molecule has 2 fully saturated rings. The van der Waals surface area contributed by atoms with E-state index < -0.39 is 30.2 Å². The molecule has 0 radical (unpaired) electrons. The number of allylic oxidation sites excluding steroid dienone is 1. The highest BCUT2D eigenvalue weighted by Gasteiger charge is 2.42. The quantitative estimate of drug-likeness (QED) is 0.405. The van der Waals surface area contributed by atoms with Crippen LogP contribution in [0, 0.1) is 0 Å². The summed E-state index contributed by atoms with van der Waals surface area (Å²) in [7, 11) is 0. The fraction of sp³-hybridized carbons (Fsp3) is 0.500. The first kappa shape index (κ1) is 10.7. The number of carbonyl (C=O) groups excluding carboxylic acids is 2. The average molecular weight is 226 g/mol. The number of hydrogen-bond donors (Lipinski definition) is 1. The molecule has 0 unspecified atom stereocenters. The molecule has 0 bridgehead atoms. The second-order valence-electron chi connectivity index (χ2n) is 3.61. The van der Waals surface area contributed by atoms with Gasteiger partial charge in [0.25, 0.3) is 0 Å². The first-order valence-electron chi connectivity index (χ1n) is 4.92. The number of cyclic esters (lactones) is 1. The van der Waals surface area contributed by atoms with E-state index >= 15 is 0 Å². The SMILES string of the molecule is O=C(O)C[C@@H]1OC(=O)/C(=C2/CCCO2)C1=O. The van der Waals surface area contributed by atoms with Crippen molar-refractivity contribution in [2.75, 3.05) is 6.61 Å². The maximum atomic E-state index is 11.7. The van der Waals surface area contributed by atoms with Gasteiger partial charge in [-0.1, -0.05) is 0 Å². The maximum absolute atomic E-state index is 11.7. The lowest BCUT2D eigenvalue weighted by Gasteiger charge is -2.01. The number of hydrogen-bond acceptors (Lipinski definition) is 5. The van der Waals surface area contributed by atoms with E-state index in [2.05, 4.69) is 0 Å². The molecule has 2 aliphatic heterocycles. The van der Waals surface area contributed by atoms with Crippen LogP contribution >= 0.6 is 0 Å². The Morgan fingerprint density at radius 1 is 1.44 bits per heavy atom. The van der Waals surface area contributed by atoms with Crippen molar-refractivity contribution in [3.63, 3.8) is 0 Å². The lowest BCUT2D eigenvalue weighted by Crippen LogP contribution is -2.20. The first-order valence-corrected chi connectivity index (χ1v) is 4.92. The molecule has 0 aromatic heterocycles. The van der Waals surface area contributed by atoms with Crippen molar-refractivity contribution in [2.24, 2.45) is 0 Å². The Morgan fingerprint density at radius 3 is 2.75 bits per heavy atom. The summed E-state index contributed by atoms with van der Waals surface area (Å²) >= 11 is 0. The van der Waals surface area contributed by atoms with Gasteiger partial charge in [0.1, 0.15) is 11.3 Å². The minimum Gasteiger partial charge on any atom is -0.497 e. The van der Waals surface area contributed by atoms with Crippen molar-refractivity contribution in [1.82, 2.24) is 0 Å². The molecule has 0 aromatic rings. The third kappa shape index (κ3) is 1.78. The van der Waals surface area contributed by atoms with Crippen LogP contribution in [0.25, 0.3) is 0 Å². The highest BCUT2D eigenvalue weighted by Crippen LogP contribution is 2.28. The number of esters is 1. The predicted octanol–water partition coefficient (Wildman–Crippen LogP) is 0.0201. The summed E-state index contributed by atoms with van der Waals surface area (Å²) in [6.07, 6.45) is -0.419. The highest BCUT2D eigenvalue weighted by molar-refractivity contribution is 6.24. The Balaban J connectivity index is 2.23. The van der Waals surface area contributed by atoms with Crippen molar-refractivity contribution in [3.8, 4) is 0 Å². The summed E-state index contributed by atoms with van der Waals surface area (Å²) in [5, 5.41) is 8.54. The molecule has 0 aliphatic carbocycles. The molecule has 1 N–H and O–H groups in total. The van der Waals surface area contributed by atoms with Gasteiger partial charge in [-0.25, -0.2) is 4.79 Å². The van der Waals surface area contributed by atoms with Gasteiger partial charge in [-0.2, -0.15) is 0 Å². The Kier molecular flexibility index (Phi) is 2.64.